The maximum Gasteiger partial charge on any atom is 0.210 e. The lowest BCUT2D eigenvalue weighted by atomic mass is 9.99. The highest BCUT2D eigenvalue weighted by Crippen LogP contribution is 2.38. The van der Waals surface area contributed by atoms with Gasteiger partial charge in [0.2, 0.25) is 11.4 Å². The molecule has 2 heteroatoms. The van der Waals surface area contributed by atoms with Gasteiger partial charge in [0.25, 0.3) is 0 Å². The second kappa shape index (κ2) is 12.5. The van der Waals surface area contributed by atoms with E-state index in [1.165, 1.54) is 66.3 Å². The van der Waals surface area contributed by atoms with Crippen molar-refractivity contribution in [1.82, 2.24) is 0 Å². The summed E-state index contributed by atoms with van der Waals surface area (Å²) in [5.74, 6) is 0. The number of nitrogens with zero attached hydrogens (tertiary/aromatic N) is 2. The Kier molecular flexibility index (Phi) is 9.46. The summed E-state index contributed by atoms with van der Waals surface area (Å²) in [6.07, 6.45) is 15.1. The van der Waals surface area contributed by atoms with Crippen molar-refractivity contribution < 1.29 is 4.70 Å². The van der Waals surface area contributed by atoms with Crippen LogP contribution in [-0.4, -0.2) is 4.70 Å². The lowest BCUT2D eigenvalue weighted by Gasteiger charge is -2.11. The SMILES string of the molecule is CCCCCC1=C(c2cccc(CCCC)c2)[N+](=[N-])C(c2cccc(CCCCC)c2)=C1. The van der Waals surface area contributed by atoms with Gasteiger partial charge in [-0.3, -0.25) is 0 Å². The summed E-state index contributed by atoms with van der Waals surface area (Å²) in [6, 6.07) is 17.5. The topological polar surface area (TPSA) is 25.3 Å². The molecule has 0 spiro atoms. The lowest BCUT2D eigenvalue weighted by Crippen LogP contribution is -2.03. The zero-order chi connectivity index (χ0) is 22.8. The van der Waals surface area contributed by atoms with E-state index >= 15 is 0 Å². The van der Waals surface area contributed by atoms with Gasteiger partial charge in [-0.25, -0.2) is 4.70 Å². The molecule has 1 heterocycles. The second-order valence-electron chi connectivity index (χ2n) is 9.13. The zero-order valence-electron chi connectivity index (χ0n) is 20.4. The van der Waals surface area contributed by atoms with Gasteiger partial charge in [-0.15, -0.1) is 0 Å². The van der Waals surface area contributed by atoms with E-state index in [0.29, 0.717) is 0 Å². The van der Waals surface area contributed by atoms with Gasteiger partial charge in [-0.2, -0.15) is 0 Å². The largest absolute Gasteiger partial charge is 0.493 e. The third kappa shape index (κ3) is 6.28. The van der Waals surface area contributed by atoms with Gasteiger partial charge in [0.15, 0.2) is 0 Å². The van der Waals surface area contributed by atoms with Crippen LogP contribution in [0.3, 0.4) is 0 Å². The standard InChI is InChI=1S/C30H40N2/c1-4-7-10-15-25-16-12-19-26(21-25)29-23-28(18-11-8-5-2)30(32(29)31)27-20-13-17-24(22-27)14-9-6-3/h12-13,16-17,19-23H,4-11,14-15,18H2,1-3H3. The molecule has 1 aliphatic heterocycles. The van der Waals surface area contributed by atoms with Crippen LogP contribution in [0.1, 0.15) is 101 Å². The molecule has 0 saturated heterocycles. The van der Waals surface area contributed by atoms with Crippen molar-refractivity contribution in [3.63, 3.8) is 0 Å². The van der Waals surface area contributed by atoms with Gasteiger partial charge in [0.1, 0.15) is 0 Å². The fraction of sp³-hybridized carbons (Fsp3) is 0.467. The van der Waals surface area contributed by atoms with Crippen molar-refractivity contribution >= 4 is 11.4 Å². The highest BCUT2D eigenvalue weighted by Gasteiger charge is 2.28. The van der Waals surface area contributed by atoms with E-state index in [2.05, 4.69) is 75.4 Å². The molecule has 0 unspecified atom stereocenters. The van der Waals surface area contributed by atoms with E-state index < -0.39 is 0 Å². The van der Waals surface area contributed by atoms with Crippen LogP contribution in [0, 0.1) is 0 Å². The molecule has 2 nitrogen and oxygen atoms in total. The van der Waals surface area contributed by atoms with Crippen molar-refractivity contribution in [2.75, 3.05) is 0 Å². The summed E-state index contributed by atoms with van der Waals surface area (Å²) in [7, 11) is 0. The number of allylic oxidation sites excluding steroid dienone is 2. The quantitative estimate of drug-likeness (QED) is 0.224. The lowest BCUT2D eigenvalue weighted by molar-refractivity contribution is -0.344. The molecule has 0 aromatic heterocycles. The Bertz CT molecular complexity index is 964. The Labute approximate surface area is 195 Å². The molecule has 0 atom stereocenters. The molecule has 170 valence electrons. The van der Waals surface area contributed by atoms with E-state index in [0.717, 1.165) is 48.2 Å². The Morgan fingerprint density at radius 2 is 1.22 bits per heavy atom. The van der Waals surface area contributed by atoms with E-state index in [1.807, 2.05) is 0 Å². The van der Waals surface area contributed by atoms with Crippen molar-refractivity contribution in [1.29, 1.82) is 0 Å². The van der Waals surface area contributed by atoms with E-state index in [-0.39, 0.29) is 0 Å². The highest BCUT2D eigenvalue weighted by atomic mass is 15.2. The highest BCUT2D eigenvalue weighted by molar-refractivity contribution is 5.78. The maximum atomic E-state index is 11.4. The van der Waals surface area contributed by atoms with Crippen molar-refractivity contribution in [3.05, 3.63) is 88.0 Å². The van der Waals surface area contributed by atoms with Crippen LogP contribution in [0.15, 0.2) is 60.2 Å². The molecule has 2 aromatic carbocycles. The smallest absolute Gasteiger partial charge is 0.210 e. The molecule has 2 aromatic rings. The number of hydrogen-bond donors (Lipinski definition) is 0. The average molecular weight is 429 g/mol. The van der Waals surface area contributed by atoms with Crippen LogP contribution in [0.4, 0.5) is 0 Å². The molecule has 0 N–H and O–H groups in total. The molecule has 3 rings (SSSR count). The maximum absolute atomic E-state index is 11.4. The van der Waals surface area contributed by atoms with Gasteiger partial charge in [-0.05, 0) is 73.9 Å². The molecule has 0 bridgehead atoms. The molecule has 0 radical (unpaired) electrons. The van der Waals surface area contributed by atoms with Crippen molar-refractivity contribution in [3.8, 4) is 0 Å². The molecular formula is C30H40N2. The summed E-state index contributed by atoms with van der Waals surface area (Å²) in [6.45, 7) is 6.72. The molecule has 0 aliphatic carbocycles. The van der Waals surface area contributed by atoms with Crippen LogP contribution in [-0.2, 0) is 12.8 Å². The molecule has 0 amide bonds. The van der Waals surface area contributed by atoms with Gasteiger partial charge in [0, 0.05) is 22.8 Å². The number of aryl methyl sites for hydroxylation is 2. The minimum Gasteiger partial charge on any atom is -0.493 e. The average Bonchev–Trinajstić information content (AvgIpc) is 3.14. The number of unbranched alkanes of at least 4 members (excludes halogenated alkanes) is 5. The summed E-state index contributed by atoms with van der Waals surface area (Å²) >= 11 is 0. The van der Waals surface area contributed by atoms with Crippen molar-refractivity contribution in [2.24, 2.45) is 0 Å². The first-order chi connectivity index (χ1) is 15.7. The van der Waals surface area contributed by atoms with Crippen LogP contribution < -0.4 is 0 Å². The minimum atomic E-state index is 0.905. The summed E-state index contributed by atoms with van der Waals surface area (Å²) in [4.78, 5) is 0. The van der Waals surface area contributed by atoms with E-state index in [9.17, 15) is 5.53 Å². The van der Waals surface area contributed by atoms with E-state index in [1.54, 1.807) is 0 Å². The van der Waals surface area contributed by atoms with Gasteiger partial charge >= 0.3 is 0 Å². The predicted molar refractivity (Wildman–Crippen MR) is 137 cm³/mol. The van der Waals surface area contributed by atoms with E-state index in [4.69, 9.17) is 0 Å². The Morgan fingerprint density at radius 3 is 1.88 bits per heavy atom. The van der Waals surface area contributed by atoms with Crippen LogP contribution in [0.5, 0.6) is 0 Å². The van der Waals surface area contributed by atoms with Gasteiger partial charge in [-0.1, -0.05) is 77.1 Å². The van der Waals surface area contributed by atoms with Gasteiger partial charge in [0.05, 0.1) is 0 Å². The number of benzene rings is 2. The minimum absolute atomic E-state index is 0.905. The van der Waals surface area contributed by atoms with Gasteiger partial charge < -0.3 is 5.53 Å². The second-order valence-corrected chi connectivity index (χ2v) is 9.13. The summed E-state index contributed by atoms with van der Waals surface area (Å²) < 4.78 is 1.45. The monoisotopic (exact) mass is 428 g/mol. The summed E-state index contributed by atoms with van der Waals surface area (Å²) in [5.41, 5.74) is 19.4. The predicted octanol–water partition coefficient (Wildman–Crippen LogP) is 9.14. The molecule has 0 fully saturated rings. The van der Waals surface area contributed by atoms with Crippen LogP contribution in [0.2, 0.25) is 0 Å². The van der Waals surface area contributed by atoms with Crippen molar-refractivity contribution in [2.45, 2.75) is 91.4 Å². The first-order valence-corrected chi connectivity index (χ1v) is 12.8. The third-order valence-electron chi connectivity index (χ3n) is 6.42. The molecule has 1 aliphatic rings. The Hall–Kier alpha value is -2.48. The third-order valence-corrected chi connectivity index (χ3v) is 6.42. The molecule has 32 heavy (non-hydrogen) atoms. The van der Waals surface area contributed by atoms with Crippen LogP contribution >= 0.6 is 0 Å². The zero-order valence-corrected chi connectivity index (χ0v) is 20.4. The normalized spacial score (nSPS) is 13.7. The first kappa shape index (κ1) is 24.2. The Balaban J connectivity index is 1.90. The molecule has 0 saturated carbocycles. The first-order valence-electron chi connectivity index (χ1n) is 12.8. The fourth-order valence-corrected chi connectivity index (χ4v) is 4.54. The summed E-state index contributed by atoms with van der Waals surface area (Å²) in [5, 5.41) is 0. The number of rotatable bonds is 13. The number of hydrogen-bond acceptors (Lipinski definition) is 0. The Morgan fingerprint density at radius 1 is 0.656 bits per heavy atom. The van der Waals surface area contributed by atoms with Crippen LogP contribution in [0.25, 0.3) is 16.9 Å². The fourth-order valence-electron chi connectivity index (χ4n) is 4.54. The molecular weight excluding hydrogens is 388 g/mol.